The van der Waals surface area contributed by atoms with Crippen molar-refractivity contribution < 1.29 is 22.4 Å². The molecule has 1 aromatic rings. The van der Waals surface area contributed by atoms with Gasteiger partial charge in [0.05, 0.1) is 11.6 Å². The number of nitrogens with two attached hydrogens (primary N) is 1. The molecule has 1 saturated heterocycles. The number of rotatable bonds is 3. The van der Waals surface area contributed by atoms with Crippen LogP contribution >= 0.6 is 0 Å². The summed E-state index contributed by atoms with van der Waals surface area (Å²) in [5.74, 6) is -1.52. The normalized spacial score (nSPS) is 23.0. The van der Waals surface area contributed by atoms with E-state index in [1.54, 1.807) is 0 Å². The lowest BCUT2D eigenvalue weighted by molar-refractivity contribution is -0.140. The van der Waals surface area contributed by atoms with E-state index in [9.17, 15) is 22.4 Å². The van der Waals surface area contributed by atoms with Crippen molar-refractivity contribution in [2.75, 3.05) is 6.54 Å². The maximum Gasteiger partial charge on any atom is 0.419 e. The molecule has 1 fully saturated rings. The number of benzene rings is 1. The minimum Gasteiger partial charge on any atom is -0.334 e. The van der Waals surface area contributed by atoms with E-state index < -0.39 is 29.6 Å². The number of hydrogen-bond donors (Lipinski definition) is 1. The zero-order valence-corrected chi connectivity index (χ0v) is 11.5. The lowest BCUT2D eigenvalue weighted by Crippen LogP contribution is -2.33. The number of likely N-dealkylation sites (tertiary alicyclic amines) is 1. The highest BCUT2D eigenvalue weighted by molar-refractivity contribution is 5.80. The van der Waals surface area contributed by atoms with Gasteiger partial charge >= 0.3 is 6.18 Å². The Balaban J connectivity index is 2.43. The first-order chi connectivity index (χ1) is 9.75. The fourth-order valence-electron chi connectivity index (χ4n) is 2.69. The first kappa shape index (κ1) is 15.8. The number of amides is 1. The van der Waals surface area contributed by atoms with Gasteiger partial charge in [-0.1, -0.05) is 13.0 Å². The fourth-order valence-corrected chi connectivity index (χ4v) is 2.69. The van der Waals surface area contributed by atoms with Gasteiger partial charge in [-0.25, -0.2) is 4.39 Å². The second-order valence-electron chi connectivity index (χ2n) is 5.14. The number of carbonyl (C=O) groups excluding carboxylic acids is 1. The third-order valence-corrected chi connectivity index (χ3v) is 3.57. The molecular weight excluding hydrogens is 288 g/mol. The van der Waals surface area contributed by atoms with Gasteiger partial charge in [0.1, 0.15) is 5.82 Å². The van der Waals surface area contributed by atoms with Gasteiger partial charge in [0.15, 0.2) is 0 Å². The third kappa shape index (κ3) is 3.02. The maximum atomic E-state index is 13.3. The number of alkyl halides is 3. The molecule has 0 aromatic heterocycles. The number of halogens is 4. The largest absolute Gasteiger partial charge is 0.419 e. The Hall–Kier alpha value is -1.63. The Bertz CT molecular complexity index is 544. The summed E-state index contributed by atoms with van der Waals surface area (Å²) in [6.45, 7) is 2.27. The number of nitrogens with zero attached hydrogens (tertiary/aromatic N) is 1. The molecule has 1 amide bonds. The average molecular weight is 304 g/mol. The molecule has 1 heterocycles. The minimum atomic E-state index is -4.78. The van der Waals surface area contributed by atoms with Gasteiger partial charge in [-0.2, -0.15) is 13.2 Å². The SMILES string of the molecule is CCCN1C(=O)CC(N)C1c1ccc(F)c(C(F)(F)F)c1. The Kier molecular flexibility index (Phi) is 4.22. The summed E-state index contributed by atoms with van der Waals surface area (Å²) < 4.78 is 51.7. The molecule has 0 bridgehead atoms. The summed E-state index contributed by atoms with van der Waals surface area (Å²) in [5, 5.41) is 0. The van der Waals surface area contributed by atoms with Gasteiger partial charge in [-0.05, 0) is 24.1 Å². The van der Waals surface area contributed by atoms with Crippen molar-refractivity contribution in [2.45, 2.75) is 38.0 Å². The fraction of sp³-hybridized carbons (Fsp3) is 0.500. The molecule has 1 aliphatic heterocycles. The molecular formula is C14H16F4N2O. The summed E-state index contributed by atoms with van der Waals surface area (Å²) in [4.78, 5) is 13.3. The van der Waals surface area contributed by atoms with Crippen molar-refractivity contribution in [3.05, 3.63) is 35.1 Å². The summed E-state index contributed by atoms with van der Waals surface area (Å²) in [7, 11) is 0. The predicted molar refractivity (Wildman–Crippen MR) is 68.7 cm³/mol. The molecule has 21 heavy (non-hydrogen) atoms. The summed E-state index contributed by atoms with van der Waals surface area (Å²) >= 11 is 0. The standard InChI is InChI=1S/C14H16F4N2O/c1-2-5-20-12(21)7-11(19)13(20)8-3-4-10(15)9(6-8)14(16,17)18/h3-4,6,11,13H,2,5,7,19H2,1H3. The average Bonchev–Trinajstić information content (AvgIpc) is 2.64. The summed E-state index contributed by atoms with van der Waals surface area (Å²) in [6, 6.07) is 1.56. The maximum absolute atomic E-state index is 13.3. The Labute approximate surface area is 119 Å². The molecule has 2 N–H and O–H groups in total. The highest BCUT2D eigenvalue weighted by Gasteiger charge is 2.40. The van der Waals surface area contributed by atoms with Crippen molar-refractivity contribution in [1.82, 2.24) is 4.90 Å². The van der Waals surface area contributed by atoms with E-state index in [2.05, 4.69) is 0 Å². The molecule has 0 spiro atoms. The van der Waals surface area contributed by atoms with Gasteiger partial charge in [0, 0.05) is 19.0 Å². The molecule has 1 aromatic carbocycles. The van der Waals surface area contributed by atoms with Crippen LogP contribution in [0.3, 0.4) is 0 Å². The van der Waals surface area contributed by atoms with Crippen molar-refractivity contribution in [3.8, 4) is 0 Å². The molecule has 0 aliphatic carbocycles. The third-order valence-electron chi connectivity index (χ3n) is 3.57. The van der Waals surface area contributed by atoms with Crippen molar-refractivity contribution in [3.63, 3.8) is 0 Å². The molecule has 0 saturated carbocycles. The number of hydrogen-bond acceptors (Lipinski definition) is 2. The topological polar surface area (TPSA) is 46.3 Å². The van der Waals surface area contributed by atoms with Crippen LogP contribution in [0, 0.1) is 5.82 Å². The minimum absolute atomic E-state index is 0.0867. The summed E-state index contributed by atoms with van der Waals surface area (Å²) in [6.07, 6.45) is -4.02. The van der Waals surface area contributed by atoms with E-state index in [4.69, 9.17) is 5.73 Å². The lowest BCUT2D eigenvalue weighted by Gasteiger charge is -2.27. The van der Waals surface area contributed by atoms with Crippen LogP contribution in [0.1, 0.15) is 36.9 Å². The first-order valence-corrected chi connectivity index (χ1v) is 6.67. The lowest BCUT2D eigenvalue weighted by atomic mass is 9.98. The van der Waals surface area contributed by atoms with E-state index in [-0.39, 0.29) is 17.9 Å². The monoisotopic (exact) mass is 304 g/mol. The van der Waals surface area contributed by atoms with E-state index in [1.807, 2.05) is 6.92 Å². The molecule has 0 radical (unpaired) electrons. The van der Waals surface area contributed by atoms with Crippen molar-refractivity contribution in [2.24, 2.45) is 5.73 Å². The Morgan fingerprint density at radius 3 is 2.62 bits per heavy atom. The zero-order chi connectivity index (χ0) is 15.8. The van der Waals surface area contributed by atoms with Crippen LogP contribution < -0.4 is 5.73 Å². The first-order valence-electron chi connectivity index (χ1n) is 6.67. The molecule has 7 heteroatoms. The predicted octanol–water partition coefficient (Wildman–Crippen LogP) is 2.86. The molecule has 116 valence electrons. The molecule has 3 nitrogen and oxygen atoms in total. The quantitative estimate of drug-likeness (QED) is 0.873. The van der Waals surface area contributed by atoms with Gasteiger partial charge in [-0.3, -0.25) is 4.79 Å². The highest BCUT2D eigenvalue weighted by Crippen LogP contribution is 2.37. The highest BCUT2D eigenvalue weighted by atomic mass is 19.4. The van der Waals surface area contributed by atoms with E-state index >= 15 is 0 Å². The second-order valence-corrected chi connectivity index (χ2v) is 5.14. The number of carbonyl (C=O) groups is 1. The van der Waals surface area contributed by atoms with Gasteiger partial charge in [0.2, 0.25) is 5.91 Å². The zero-order valence-electron chi connectivity index (χ0n) is 11.5. The second kappa shape index (κ2) is 5.63. The van der Waals surface area contributed by atoms with Gasteiger partial charge in [0.25, 0.3) is 0 Å². The van der Waals surface area contributed by atoms with Gasteiger partial charge in [-0.15, -0.1) is 0 Å². The summed E-state index contributed by atoms with van der Waals surface area (Å²) in [5.41, 5.74) is 4.77. The molecule has 2 rings (SSSR count). The van der Waals surface area contributed by atoms with Crippen LogP contribution in [-0.2, 0) is 11.0 Å². The Morgan fingerprint density at radius 2 is 2.05 bits per heavy atom. The molecule has 2 atom stereocenters. The smallest absolute Gasteiger partial charge is 0.334 e. The van der Waals surface area contributed by atoms with Crippen LogP contribution in [-0.4, -0.2) is 23.4 Å². The van der Waals surface area contributed by atoms with Crippen LogP contribution in [0.25, 0.3) is 0 Å². The van der Waals surface area contributed by atoms with E-state index in [0.717, 1.165) is 12.1 Å². The van der Waals surface area contributed by atoms with E-state index in [1.165, 1.54) is 11.0 Å². The van der Waals surface area contributed by atoms with Crippen molar-refractivity contribution in [1.29, 1.82) is 0 Å². The molecule has 1 aliphatic rings. The van der Waals surface area contributed by atoms with Crippen LogP contribution in [0.15, 0.2) is 18.2 Å². The van der Waals surface area contributed by atoms with Crippen LogP contribution in [0.5, 0.6) is 0 Å². The van der Waals surface area contributed by atoms with E-state index in [0.29, 0.717) is 13.0 Å². The van der Waals surface area contributed by atoms with Gasteiger partial charge < -0.3 is 10.6 Å². The molecule has 2 unspecified atom stereocenters. The van der Waals surface area contributed by atoms with Crippen molar-refractivity contribution >= 4 is 5.91 Å². The van der Waals surface area contributed by atoms with Crippen LogP contribution in [0.2, 0.25) is 0 Å². The Morgan fingerprint density at radius 1 is 1.38 bits per heavy atom. The van der Waals surface area contributed by atoms with Crippen LogP contribution in [0.4, 0.5) is 17.6 Å².